The van der Waals surface area contributed by atoms with E-state index in [1.165, 1.54) is 32.7 Å². The number of pyridine rings is 1. The number of fused-ring (bicyclic) bond motifs is 3. The van der Waals surface area contributed by atoms with Crippen LogP contribution in [0.15, 0.2) is 60.8 Å². The third kappa shape index (κ3) is 4.40. The number of benzene rings is 3. The molecule has 188 valence electrons. The molecule has 0 N–H and O–H groups in total. The van der Waals surface area contributed by atoms with E-state index in [4.69, 9.17) is 16.3 Å². The Labute approximate surface area is 223 Å². The molecule has 0 unspecified atom stereocenters. The zero-order valence-electron chi connectivity index (χ0n) is 22.0. The first-order valence-corrected chi connectivity index (χ1v) is 13.1. The Morgan fingerprint density at radius 2 is 1.73 bits per heavy atom. The summed E-state index contributed by atoms with van der Waals surface area (Å²) in [5, 5.41) is 0.674. The van der Waals surface area contributed by atoms with Crippen LogP contribution in [0, 0.1) is 6.92 Å². The van der Waals surface area contributed by atoms with E-state index < -0.39 is 0 Å². The third-order valence-electron chi connectivity index (χ3n) is 7.13. The van der Waals surface area contributed by atoms with Gasteiger partial charge < -0.3 is 9.64 Å². The molecule has 37 heavy (non-hydrogen) atoms. The molecule has 1 aromatic heterocycles. The van der Waals surface area contributed by atoms with Crippen molar-refractivity contribution in [1.82, 2.24) is 9.88 Å². The van der Waals surface area contributed by atoms with Gasteiger partial charge in [-0.25, -0.2) is 0 Å². The Kier molecular flexibility index (Phi) is 6.78. The highest BCUT2D eigenvalue weighted by atomic mass is 35.5. The van der Waals surface area contributed by atoms with Crippen LogP contribution in [0.2, 0.25) is 5.02 Å². The number of rotatable bonds is 6. The molecule has 5 rings (SSSR count). The highest BCUT2D eigenvalue weighted by Gasteiger charge is 2.26. The van der Waals surface area contributed by atoms with Crippen molar-refractivity contribution in [2.24, 2.45) is 0 Å². The number of carbonyl (C=O) groups is 1. The number of ether oxygens (including phenoxy) is 1. The van der Waals surface area contributed by atoms with E-state index in [1.54, 1.807) is 26.4 Å². The summed E-state index contributed by atoms with van der Waals surface area (Å²) in [5.41, 5.74) is 11.8. The average molecular weight is 511 g/mol. The zero-order valence-corrected chi connectivity index (χ0v) is 22.7. The predicted molar refractivity (Wildman–Crippen MR) is 152 cm³/mol. The fraction of sp³-hybridized carbons (Fsp3) is 0.250. The van der Waals surface area contributed by atoms with Crippen molar-refractivity contribution in [2.75, 3.05) is 20.7 Å². The van der Waals surface area contributed by atoms with Gasteiger partial charge in [-0.15, -0.1) is 0 Å². The first kappa shape index (κ1) is 25.0. The maximum atomic E-state index is 12.4. The van der Waals surface area contributed by atoms with E-state index in [2.05, 4.69) is 48.3 Å². The molecule has 0 aliphatic heterocycles. The molecule has 5 heteroatoms. The van der Waals surface area contributed by atoms with Crippen LogP contribution in [0.1, 0.15) is 46.6 Å². The molecule has 4 nitrogen and oxygen atoms in total. The summed E-state index contributed by atoms with van der Waals surface area (Å²) in [4.78, 5) is 18.4. The molecule has 0 saturated heterocycles. The van der Waals surface area contributed by atoms with E-state index in [9.17, 15) is 4.79 Å². The Morgan fingerprint density at radius 3 is 2.38 bits per heavy atom. The normalized spacial score (nSPS) is 11.7. The molecule has 0 radical (unpaired) electrons. The van der Waals surface area contributed by atoms with Gasteiger partial charge in [0.25, 0.3) is 5.91 Å². The summed E-state index contributed by atoms with van der Waals surface area (Å²) in [5.74, 6) is 0.663. The number of aryl methyl sites for hydroxylation is 1. The maximum absolute atomic E-state index is 12.4. The van der Waals surface area contributed by atoms with Crippen molar-refractivity contribution in [2.45, 2.75) is 33.6 Å². The largest absolute Gasteiger partial charge is 0.493 e. The lowest BCUT2D eigenvalue weighted by molar-refractivity contribution is 0.0822. The Balaban J connectivity index is 1.74. The highest BCUT2D eigenvalue weighted by Crippen LogP contribution is 2.49. The Morgan fingerprint density at radius 1 is 1.00 bits per heavy atom. The van der Waals surface area contributed by atoms with Crippen LogP contribution in [0.3, 0.4) is 0 Å². The van der Waals surface area contributed by atoms with Gasteiger partial charge in [0, 0.05) is 42.0 Å². The van der Waals surface area contributed by atoms with Crippen molar-refractivity contribution < 1.29 is 9.53 Å². The molecule has 0 atom stereocenters. The van der Waals surface area contributed by atoms with E-state index in [0.717, 1.165) is 46.4 Å². The fourth-order valence-corrected chi connectivity index (χ4v) is 5.40. The van der Waals surface area contributed by atoms with Crippen LogP contribution in [0.5, 0.6) is 5.75 Å². The number of nitrogens with zero attached hydrogens (tertiary/aromatic N) is 2. The van der Waals surface area contributed by atoms with Gasteiger partial charge in [-0.2, -0.15) is 0 Å². The van der Waals surface area contributed by atoms with Crippen LogP contribution >= 0.6 is 11.6 Å². The standard InChI is InChI=1S/C32H31ClN2O2/c1-6-20-14-24-23-11-9-8-10-21(23)16-26(24)25(15-20)27-17-28(33)19(3)30(31(27)37-7-2)22-12-13-29(34-18-22)32(36)35(4)5/h8-15,17-18H,6-7,16H2,1-5H3. The van der Waals surface area contributed by atoms with E-state index in [-0.39, 0.29) is 5.91 Å². The quantitative estimate of drug-likeness (QED) is 0.236. The number of amides is 1. The second kappa shape index (κ2) is 10.0. The molecule has 1 heterocycles. The van der Waals surface area contributed by atoms with Gasteiger partial charge in [0.1, 0.15) is 11.4 Å². The average Bonchev–Trinajstić information content (AvgIpc) is 3.29. The fourth-order valence-electron chi connectivity index (χ4n) is 5.20. The second-order valence-electron chi connectivity index (χ2n) is 9.66. The van der Waals surface area contributed by atoms with Crippen molar-refractivity contribution in [3.63, 3.8) is 0 Å². The number of halogens is 1. The van der Waals surface area contributed by atoms with E-state index >= 15 is 0 Å². The SMILES string of the molecule is CCOc1c(-c2cc(CC)cc3c2Cc2ccccc2-3)cc(Cl)c(C)c1-c1ccc(C(=O)N(C)C)nc1. The van der Waals surface area contributed by atoms with Gasteiger partial charge >= 0.3 is 0 Å². The van der Waals surface area contributed by atoms with E-state index in [0.29, 0.717) is 17.3 Å². The molecule has 0 bridgehead atoms. The van der Waals surface area contributed by atoms with Gasteiger partial charge in [0.2, 0.25) is 0 Å². The maximum Gasteiger partial charge on any atom is 0.271 e. The molecule has 0 spiro atoms. The molecule has 3 aromatic carbocycles. The number of hydrogen-bond donors (Lipinski definition) is 0. The topological polar surface area (TPSA) is 42.4 Å². The summed E-state index contributed by atoms with van der Waals surface area (Å²) in [6.07, 6.45) is 3.55. The molecule has 1 aliphatic carbocycles. The summed E-state index contributed by atoms with van der Waals surface area (Å²) in [6, 6.07) is 19.0. The molecule has 0 saturated carbocycles. The van der Waals surface area contributed by atoms with Crippen molar-refractivity contribution in [3.8, 4) is 39.1 Å². The minimum Gasteiger partial charge on any atom is -0.493 e. The second-order valence-corrected chi connectivity index (χ2v) is 10.1. The first-order chi connectivity index (χ1) is 17.8. The Bertz CT molecular complexity index is 1510. The van der Waals surface area contributed by atoms with Crippen molar-refractivity contribution in [3.05, 3.63) is 93.8 Å². The Hall–Kier alpha value is -3.63. The smallest absolute Gasteiger partial charge is 0.271 e. The van der Waals surface area contributed by atoms with Crippen LogP contribution < -0.4 is 4.74 Å². The van der Waals surface area contributed by atoms with Crippen molar-refractivity contribution >= 4 is 17.5 Å². The molecular formula is C32H31ClN2O2. The number of hydrogen-bond acceptors (Lipinski definition) is 3. The van der Waals surface area contributed by atoms with E-state index in [1.807, 2.05) is 26.0 Å². The lowest BCUT2D eigenvalue weighted by Gasteiger charge is -2.21. The minimum absolute atomic E-state index is 0.133. The van der Waals surface area contributed by atoms with Gasteiger partial charge in [-0.1, -0.05) is 61.0 Å². The zero-order chi connectivity index (χ0) is 26.3. The van der Waals surface area contributed by atoms with Gasteiger partial charge in [0.05, 0.1) is 6.61 Å². The predicted octanol–water partition coefficient (Wildman–Crippen LogP) is 7.61. The lowest BCUT2D eigenvalue weighted by Crippen LogP contribution is -2.22. The highest BCUT2D eigenvalue weighted by molar-refractivity contribution is 6.32. The minimum atomic E-state index is -0.133. The lowest BCUT2D eigenvalue weighted by atomic mass is 9.88. The van der Waals surface area contributed by atoms with Crippen molar-refractivity contribution in [1.29, 1.82) is 0 Å². The first-order valence-electron chi connectivity index (χ1n) is 12.7. The van der Waals surface area contributed by atoms with Gasteiger partial charge in [0.15, 0.2) is 0 Å². The summed E-state index contributed by atoms with van der Waals surface area (Å²) in [6.45, 7) is 6.70. The molecular weight excluding hydrogens is 480 g/mol. The summed E-state index contributed by atoms with van der Waals surface area (Å²) < 4.78 is 6.38. The number of carbonyl (C=O) groups excluding carboxylic acids is 1. The molecule has 4 aromatic rings. The number of aromatic nitrogens is 1. The molecule has 1 aliphatic rings. The van der Waals surface area contributed by atoms with Gasteiger partial charge in [-0.05, 0) is 77.8 Å². The molecule has 0 fully saturated rings. The van der Waals surface area contributed by atoms with Crippen LogP contribution in [-0.4, -0.2) is 36.5 Å². The third-order valence-corrected chi connectivity index (χ3v) is 7.52. The van der Waals surface area contributed by atoms with Crippen LogP contribution in [0.25, 0.3) is 33.4 Å². The summed E-state index contributed by atoms with van der Waals surface area (Å²) >= 11 is 6.89. The van der Waals surface area contributed by atoms with Crippen LogP contribution in [0.4, 0.5) is 0 Å². The molecule has 1 amide bonds. The summed E-state index contributed by atoms with van der Waals surface area (Å²) in [7, 11) is 3.44. The van der Waals surface area contributed by atoms with Gasteiger partial charge in [-0.3, -0.25) is 9.78 Å². The van der Waals surface area contributed by atoms with Crippen LogP contribution in [-0.2, 0) is 12.8 Å². The monoisotopic (exact) mass is 510 g/mol.